The summed E-state index contributed by atoms with van der Waals surface area (Å²) >= 11 is 0. The third kappa shape index (κ3) is 4.81. The molecule has 2 N–H and O–H groups in total. The summed E-state index contributed by atoms with van der Waals surface area (Å²) in [6.07, 6.45) is 1.89. The number of carbonyl (C=O) groups excluding carboxylic acids is 3. The summed E-state index contributed by atoms with van der Waals surface area (Å²) in [7, 11) is 6.33. The highest BCUT2D eigenvalue weighted by Gasteiger charge is 2.40. The van der Waals surface area contributed by atoms with Crippen LogP contribution in [0.5, 0.6) is 11.5 Å². The van der Waals surface area contributed by atoms with E-state index in [1.165, 1.54) is 19.1 Å². The van der Waals surface area contributed by atoms with E-state index in [0.29, 0.717) is 43.0 Å². The molecule has 5 amide bonds. The molecule has 1 heterocycles. The Morgan fingerprint density at radius 3 is 2.59 bits per heavy atom. The number of anilines is 1. The van der Waals surface area contributed by atoms with Gasteiger partial charge in [0.1, 0.15) is 17.5 Å². The Bertz CT molecular complexity index is 707. The van der Waals surface area contributed by atoms with Gasteiger partial charge in [0.2, 0.25) is 0 Å². The highest BCUT2D eigenvalue weighted by atomic mass is 16.5. The first kappa shape index (κ1) is 20.3. The number of hydrogen-bond donors (Lipinski definition) is 2. The molecule has 9 nitrogen and oxygen atoms in total. The van der Waals surface area contributed by atoms with Crippen LogP contribution in [0.1, 0.15) is 19.3 Å². The zero-order chi connectivity index (χ0) is 20.0. The quantitative estimate of drug-likeness (QED) is 0.528. The smallest absolute Gasteiger partial charge is 0.329 e. The Balaban J connectivity index is 1.96. The molecule has 0 saturated carbocycles. The summed E-state index contributed by atoms with van der Waals surface area (Å²) < 4.78 is 10.4. The van der Waals surface area contributed by atoms with E-state index in [-0.39, 0.29) is 11.9 Å². The van der Waals surface area contributed by atoms with E-state index in [1.807, 2.05) is 0 Å². The SMILES string of the molecule is COc1ccc(OC)c(N2C(=O)N[C@@H](CCCCNC(=O)N(C)C)C2=O)c1. The lowest BCUT2D eigenvalue weighted by molar-refractivity contribution is -0.118. The maximum atomic E-state index is 12.7. The van der Waals surface area contributed by atoms with Crippen molar-refractivity contribution in [1.82, 2.24) is 15.5 Å². The first-order chi connectivity index (χ1) is 12.9. The van der Waals surface area contributed by atoms with Crippen molar-refractivity contribution in [2.24, 2.45) is 0 Å². The third-order valence-corrected chi connectivity index (χ3v) is 4.25. The van der Waals surface area contributed by atoms with Gasteiger partial charge in [0.05, 0.1) is 19.9 Å². The molecular weight excluding hydrogens is 352 g/mol. The maximum absolute atomic E-state index is 12.7. The van der Waals surface area contributed by atoms with E-state index >= 15 is 0 Å². The average Bonchev–Trinajstić information content (AvgIpc) is 2.93. The van der Waals surface area contributed by atoms with Crippen molar-refractivity contribution in [2.75, 3.05) is 39.8 Å². The fraction of sp³-hybridized carbons (Fsp3) is 0.500. The summed E-state index contributed by atoms with van der Waals surface area (Å²) in [5, 5.41) is 5.47. The number of rotatable bonds is 8. The second-order valence-electron chi connectivity index (χ2n) is 6.34. The number of benzene rings is 1. The van der Waals surface area contributed by atoms with Gasteiger partial charge in [-0.25, -0.2) is 14.5 Å². The summed E-state index contributed by atoms with van der Waals surface area (Å²) in [5.74, 6) is 0.599. The van der Waals surface area contributed by atoms with E-state index in [2.05, 4.69) is 10.6 Å². The van der Waals surface area contributed by atoms with Gasteiger partial charge in [-0.3, -0.25) is 4.79 Å². The van der Waals surface area contributed by atoms with Crippen molar-refractivity contribution in [3.05, 3.63) is 18.2 Å². The minimum Gasteiger partial charge on any atom is -0.497 e. The molecule has 0 radical (unpaired) electrons. The van der Waals surface area contributed by atoms with E-state index in [0.717, 1.165) is 4.90 Å². The van der Waals surface area contributed by atoms with Gasteiger partial charge in [0, 0.05) is 26.7 Å². The molecule has 0 aliphatic carbocycles. The molecule has 0 unspecified atom stereocenters. The number of carbonyl (C=O) groups is 3. The number of nitrogens with one attached hydrogen (secondary N) is 2. The van der Waals surface area contributed by atoms with Crippen molar-refractivity contribution in [3.63, 3.8) is 0 Å². The minimum absolute atomic E-state index is 0.156. The van der Waals surface area contributed by atoms with Crippen molar-refractivity contribution >= 4 is 23.7 Å². The molecule has 2 rings (SSSR count). The molecule has 1 saturated heterocycles. The summed E-state index contributed by atoms with van der Waals surface area (Å²) in [6, 6.07) is 3.69. The Hall–Kier alpha value is -2.97. The van der Waals surface area contributed by atoms with Crippen LogP contribution in [-0.4, -0.2) is 63.8 Å². The Kier molecular flexibility index (Phi) is 6.86. The van der Waals surface area contributed by atoms with Crippen LogP contribution >= 0.6 is 0 Å². The molecule has 148 valence electrons. The number of hydrogen-bond acceptors (Lipinski definition) is 5. The molecule has 0 aromatic heterocycles. The second kappa shape index (κ2) is 9.11. The highest BCUT2D eigenvalue weighted by Crippen LogP contribution is 2.34. The fourth-order valence-electron chi connectivity index (χ4n) is 2.75. The third-order valence-electron chi connectivity index (χ3n) is 4.25. The molecule has 0 bridgehead atoms. The average molecular weight is 378 g/mol. The van der Waals surface area contributed by atoms with E-state index in [9.17, 15) is 14.4 Å². The van der Waals surface area contributed by atoms with Crippen LogP contribution in [0.25, 0.3) is 0 Å². The van der Waals surface area contributed by atoms with Gasteiger partial charge < -0.3 is 25.0 Å². The largest absolute Gasteiger partial charge is 0.497 e. The van der Waals surface area contributed by atoms with E-state index in [1.54, 1.807) is 32.3 Å². The number of amides is 5. The normalized spacial score (nSPS) is 16.1. The van der Waals surface area contributed by atoms with Gasteiger partial charge in [-0.1, -0.05) is 0 Å². The number of imide groups is 1. The van der Waals surface area contributed by atoms with Crippen LogP contribution in [0, 0.1) is 0 Å². The topological polar surface area (TPSA) is 100 Å². The molecule has 1 fully saturated rings. The zero-order valence-electron chi connectivity index (χ0n) is 16.1. The molecule has 27 heavy (non-hydrogen) atoms. The molecule has 9 heteroatoms. The molecule has 1 aromatic rings. The molecule has 1 atom stereocenters. The van der Waals surface area contributed by atoms with Crippen molar-refractivity contribution in [3.8, 4) is 11.5 Å². The van der Waals surface area contributed by atoms with Crippen molar-refractivity contribution in [2.45, 2.75) is 25.3 Å². The summed E-state index contributed by atoms with van der Waals surface area (Å²) in [6.45, 7) is 0.513. The summed E-state index contributed by atoms with van der Waals surface area (Å²) in [5.41, 5.74) is 0.347. The Morgan fingerprint density at radius 1 is 1.22 bits per heavy atom. The fourth-order valence-corrected chi connectivity index (χ4v) is 2.75. The van der Waals surface area contributed by atoms with Gasteiger partial charge in [-0.2, -0.15) is 0 Å². The molecule has 1 aromatic carbocycles. The predicted molar refractivity (Wildman–Crippen MR) is 100 cm³/mol. The highest BCUT2D eigenvalue weighted by molar-refractivity contribution is 6.22. The maximum Gasteiger partial charge on any atom is 0.329 e. The first-order valence-corrected chi connectivity index (χ1v) is 8.70. The summed E-state index contributed by atoms with van der Waals surface area (Å²) in [4.78, 5) is 39.1. The van der Waals surface area contributed by atoms with E-state index < -0.39 is 12.1 Å². The van der Waals surface area contributed by atoms with Gasteiger partial charge >= 0.3 is 12.1 Å². The monoisotopic (exact) mass is 378 g/mol. The standard InChI is InChI=1S/C18H26N4O5/c1-21(2)17(24)19-10-6-5-7-13-16(23)22(18(25)20-13)14-11-12(26-3)8-9-15(14)27-4/h8-9,11,13H,5-7,10H2,1-4H3,(H,19,24)(H,20,25)/t13-/m0/s1. The zero-order valence-corrected chi connectivity index (χ0v) is 16.1. The molecule has 1 aliphatic heterocycles. The van der Waals surface area contributed by atoms with Crippen LogP contribution < -0.4 is 25.0 Å². The number of ether oxygens (including phenoxy) is 2. The lowest BCUT2D eigenvalue weighted by Gasteiger charge is -2.17. The molecule has 0 spiro atoms. The van der Waals surface area contributed by atoms with Crippen LogP contribution in [-0.2, 0) is 4.79 Å². The Labute approximate surface area is 158 Å². The van der Waals surface area contributed by atoms with Gasteiger partial charge in [0.25, 0.3) is 5.91 Å². The van der Waals surface area contributed by atoms with E-state index in [4.69, 9.17) is 9.47 Å². The van der Waals surface area contributed by atoms with Crippen LogP contribution in [0.4, 0.5) is 15.3 Å². The number of unbranched alkanes of at least 4 members (excludes halogenated alkanes) is 1. The molecular formula is C18H26N4O5. The second-order valence-corrected chi connectivity index (χ2v) is 6.34. The van der Waals surface area contributed by atoms with Gasteiger partial charge in [-0.15, -0.1) is 0 Å². The first-order valence-electron chi connectivity index (χ1n) is 8.70. The number of nitrogens with zero attached hydrogens (tertiary/aromatic N) is 2. The van der Waals surface area contributed by atoms with Crippen molar-refractivity contribution in [1.29, 1.82) is 0 Å². The van der Waals surface area contributed by atoms with Crippen molar-refractivity contribution < 1.29 is 23.9 Å². The number of urea groups is 2. The van der Waals surface area contributed by atoms with Gasteiger partial charge in [-0.05, 0) is 31.4 Å². The Morgan fingerprint density at radius 2 is 1.96 bits per heavy atom. The lowest BCUT2D eigenvalue weighted by Crippen LogP contribution is -2.35. The lowest BCUT2D eigenvalue weighted by atomic mass is 10.1. The number of methoxy groups -OCH3 is 2. The van der Waals surface area contributed by atoms with Crippen LogP contribution in [0.15, 0.2) is 18.2 Å². The van der Waals surface area contributed by atoms with Crippen LogP contribution in [0.3, 0.4) is 0 Å². The molecule has 1 aliphatic rings. The van der Waals surface area contributed by atoms with Gasteiger partial charge in [0.15, 0.2) is 0 Å². The predicted octanol–water partition coefficient (Wildman–Crippen LogP) is 1.57. The minimum atomic E-state index is -0.599. The van der Waals surface area contributed by atoms with Crippen LogP contribution in [0.2, 0.25) is 0 Å².